The largest absolute Gasteiger partial charge is 0.269 e. The molecule has 1 aromatic heterocycles. The highest BCUT2D eigenvalue weighted by atomic mass is 32.1. The summed E-state index contributed by atoms with van der Waals surface area (Å²) >= 11 is 5.23. The molecule has 3 aromatic rings. The number of para-hydroxylation sites is 1. The number of nitrogens with one attached hydrogen (secondary N) is 1. The molecule has 0 atom stereocenters. The predicted octanol–water partition coefficient (Wildman–Crippen LogP) is 3.59. The van der Waals surface area contributed by atoms with E-state index in [4.69, 9.17) is 12.2 Å². The van der Waals surface area contributed by atoms with Gasteiger partial charge in [0.05, 0.1) is 10.6 Å². The van der Waals surface area contributed by atoms with Gasteiger partial charge in [-0.1, -0.05) is 18.2 Å². The lowest BCUT2D eigenvalue weighted by molar-refractivity contribution is -0.384. The van der Waals surface area contributed by atoms with Crippen LogP contribution in [0.5, 0.6) is 0 Å². The molecular formula is C15H11N5O2S. The zero-order valence-electron chi connectivity index (χ0n) is 11.8. The van der Waals surface area contributed by atoms with E-state index in [1.165, 1.54) is 12.1 Å². The van der Waals surface area contributed by atoms with Crippen molar-refractivity contribution in [1.82, 2.24) is 14.8 Å². The number of nitro groups is 1. The molecule has 0 saturated carbocycles. The highest BCUT2D eigenvalue weighted by Crippen LogP contribution is 2.17. The number of nitrogens with zero attached hydrogens (tertiary/aromatic N) is 4. The minimum atomic E-state index is -0.443. The van der Waals surface area contributed by atoms with E-state index < -0.39 is 4.92 Å². The second-order valence-corrected chi connectivity index (χ2v) is 4.99. The third-order valence-corrected chi connectivity index (χ3v) is 3.38. The second-order valence-electron chi connectivity index (χ2n) is 4.61. The second kappa shape index (κ2) is 6.32. The number of aromatic nitrogens is 3. The number of non-ortho nitro benzene ring substituents is 1. The molecule has 0 fully saturated rings. The van der Waals surface area contributed by atoms with Crippen molar-refractivity contribution in [2.24, 2.45) is 4.99 Å². The first-order valence-corrected chi connectivity index (χ1v) is 7.07. The van der Waals surface area contributed by atoms with Crippen LogP contribution in [0, 0.1) is 14.9 Å². The van der Waals surface area contributed by atoms with Gasteiger partial charge in [0.15, 0.2) is 0 Å². The summed E-state index contributed by atoms with van der Waals surface area (Å²) in [7, 11) is 0. The van der Waals surface area contributed by atoms with Crippen molar-refractivity contribution in [2.75, 3.05) is 0 Å². The van der Waals surface area contributed by atoms with Gasteiger partial charge in [0.2, 0.25) is 4.77 Å². The number of H-pyrrole nitrogens is 1. The Bertz CT molecular complexity index is 913. The molecule has 0 spiro atoms. The Morgan fingerprint density at radius 3 is 2.52 bits per heavy atom. The van der Waals surface area contributed by atoms with E-state index >= 15 is 0 Å². The minimum Gasteiger partial charge on any atom is -0.258 e. The molecule has 0 bridgehead atoms. The summed E-state index contributed by atoms with van der Waals surface area (Å²) in [5.74, 6) is 0.402. The average Bonchev–Trinajstić information content (AvgIpc) is 2.95. The maximum atomic E-state index is 10.6. The summed E-state index contributed by atoms with van der Waals surface area (Å²) in [6.07, 6.45) is 1.58. The molecule has 0 aliphatic carbocycles. The lowest BCUT2D eigenvalue weighted by Crippen LogP contribution is -1.93. The molecule has 23 heavy (non-hydrogen) atoms. The van der Waals surface area contributed by atoms with Crippen LogP contribution in [-0.2, 0) is 0 Å². The number of aromatic amines is 1. The Morgan fingerprint density at radius 2 is 1.87 bits per heavy atom. The van der Waals surface area contributed by atoms with Gasteiger partial charge in [-0.25, -0.2) is 10.1 Å². The van der Waals surface area contributed by atoms with E-state index in [2.05, 4.69) is 15.2 Å². The fourth-order valence-corrected chi connectivity index (χ4v) is 2.23. The van der Waals surface area contributed by atoms with Crippen LogP contribution in [0.25, 0.3) is 5.69 Å². The molecule has 8 heteroatoms. The molecule has 1 N–H and O–H groups in total. The van der Waals surface area contributed by atoms with E-state index in [1.807, 2.05) is 30.3 Å². The van der Waals surface area contributed by atoms with Crippen LogP contribution in [0.15, 0.2) is 59.6 Å². The standard InChI is InChI=1S/C15H11N5O2S/c21-20(22)13-8-6-11(7-9-13)10-16-14-17-18-15(23)19(14)12-4-2-1-3-5-12/h1-10H,(H,18,23)/b16-10+. The third-order valence-electron chi connectivity index (χ3n) is 3.10. The van der Waals surface area contributed by atoms with Gasteiger partial charge in [-0.3, -0.25) is 14.7 Å². The molecule has 0 aliphatic rings. The maximum absolute atomic E-state index is 10.6. The zero-order valence-corrected chi connectivity index (χ0v) is 12.6. The van der Waals surface area contributed by atoms with Crippen LogP contribution in [0.2, 0.25) is 0 Å². The molecule has 1 heterocycles. The summed E-state index contributed by atoms with van der Waals surface area (Å²) in [6, 6.07) is 15.6. The molecule has 0 aliphatic heterocycles. The van der Waals surface area contributed by atoms with Gasteiger partial charge in [0, 0.05) is 18.3 Å². The number of rotatable bonds is 4. The average molecular weight is 325 g/mol. The lowest BCUT2D eigenvalue weighted by atomic mass is 10.2. The Morgan fingerprint density at radius 1 is 1.17 bits per heavy atom. The Balaban J connectivity index is 1.92. The molecular weight excluding hydrogens is 314 g/mol. The fraction of sp³-hybridized carbons (Fsp3) is 0. The first kappa shape index (κ1) is 14.8. The fourth-order valence-electron chi connectivity index (χ4n) is 2.00. The Labute approximate surface area is 136 Å². The predicted molar refractivity (Wildman–Crippen MR) is 89.1 cm³/mol. The van der Waals surface area contributed by atoms with Gasteiger partial charge >= 0.3 is 0 Å². The van der Waals surface area contributed by atoms with Gasteiger partial charge in [-0.15, -0.1) is 5.10 Å². The highest BCUT2D eigenvalue weighted by molar-refractivity contribution is 7.71. The van der Waals surface area contributed by atoms with Crippen LogP contribution >= 0.6 is 12.2 Å². The molecule has 0 amide bonds. The van der Waals surface area contributed by atoms with E-state index in [9.17, 15) is 10.1 Å². The Hall–Kier alpha value is -3.13. The molecule has 2 aromatic carbocycles. The van der Waals surface area contributed by atoms with E-state index in [-0.39, 0.29) is 5.69 Å². The summed E-state index contributed by atoms with van der Waals surface area (Å²) in [5.41, 5.74) is 1.61. The van der Waals surface area contributed by atoms with Crippen molar-refractivity contribution in [2.45, 2.75) is 0 Å². The lowest BCUT2D eigenvalue weighted by Gasteiger charge is -2.02. The molecule has 0 saturated heterocycles. The van der Waals surface area contributed by atoms with Gasteiger partial charge in [-0.2, -0.15) is 0 Å². The number of hydrogen-bond donors (Lipinski definition) is 1. The number of aliphatic imine (C=N–C) groups is 1. The molecule has 0 unspecified atom stereocenters. The third kappa shape index (κ3) is 3.22. The van der Waals surface area contributed by atoms with Crippen molar-refractivity contribution >= 4 is 30.1 Å². The zero-order chi connectivity index (χ0) is 16.2. The van der Waals surface area contributed by atoms with E-state index in [0.717, 1.165) is 11.3 Å². The van der Waals surface area contributed by atoms with Crippen molar-refractivity contribution < 1.29 is 4.92 Å². The smallest absolute Gasteiger partial charge is 0.258 e. The number of nitro benzene ring substituents is 1. The van der Waals surface area contributed by atoms with Gasteiger partial charge in [0.1, 0.15) is 0 Å². The van der Waals surface area contributed by atoms with Gasteiger partial charge < -0.3 is 0 Å². The quantitative estimate of drug-likeness (QED) is 0.343. The summed E-state index contributed by atoms with van der Waals surface area (Å²) in [5, 5.41) is 17.4. The first-order chi connectivity index (χ1) is 11.1. The van der Waals surface area contributed by atoms with Crippen LogP contribution in [0.3, 0.4) is 0 Å². The van der Waals surface area contributed by atoms with Crippen LogP contribution in [0.4, 0.5) is 11.6 Å². The number of benzene rings is 2. The normalized spacial score (nSPS) is 11.0. The summed E-state index contributed by atoms with van der Waals surface area (Å²) < 4.78 is 2.14. The SMILES string of the molecule is O=[N+]([O-])c1ccc(/C=N/c2n[nH]c(=S)n2-c2ccccc2)cc1. The van der Waals surface area contributed by atoms with Crippen molar-refractivity contribution in [1.29, 1.82) is 0 Å². The van der Waals surface area contributed by atoms with Crippen LogP contribution in [0.1, 0.15) is 5.56 Å². The monoisotopic (exact) mass is 325 g/mol. The topological polar surface area (TPSA) is 89.1 Å². The van der Waals surface area contributed by atoms with Crippen LogP contribution < -0.4 is 0 Å². The maximum Gasteiger partial charge on any atom is 0.269 e. The number of hydrogen-bond acceptors (Lipinski definition) is 5. The van der Waals surface area contributed by atoms with Crippen molar-refractivity contribution in [3.05, 3.63) is 75.0 Å². The Kier molecular flexibility index (Phi) is 4.07. The molecule has 3 rings (SSSR count). The summed E-state index contributed by atoms with van der Waals surface area (Å²) in [6.45, 7) is 0. The van der Waals surface area contributed by atoms with Gasteiger partial charge in [-0.05, 0) is 42.0 Å². The van der Waals surface area contributed by atoms with Gasteiger partial charge in [0.25, 0.3) is 11.6 Å². The van der Waals surface area contributed by atoms with E-state index in [0.29, 0.717) is 10.7 Å². The molecule has 0 radical (unpaired) electrons. The molecule has 7 nitrogen and oxygen atoms in total. The molecule has 114 valence electrons. The van der Waals surface area contributed by atoms with E-state index in [1.54, 1.807) is 22.9 Å². The summed E-state index contributed by atoms with van der Waals surface area (Å²) in [4.78, 5) is 14.5. The van der Waals surface area contributed by atoms with Crippen LogP contribution in [-0.4, -0.2) is 25.9 Å². The highest BCUT2D eigenvalue weighted by Gasteiger charge is 2.06. The van der Waals surface area contributed by atoms with Crippen molar-refractivity contribution in [3.8, 4) is 5.69 Å². The first-order valence-electron chi connectivity index (χ1n) is 6.66. The van der Waals surface area contributed by atoms with Crippen molar-refractivity contribution in [3.63, 3.8) is 0 Å². The minimum absolute atomic E-state index is 0.0362.